The predicted molar refractivity (Wildman–Crippen MR) is 56.3 cm³/mol. The SMILES string of the molecule is COC[C@@H](OC)O[C@H](C=O)[C@@H](COC)OC. The van der Waals surface area contributed by atoms with E-state index in [2.05, 4.69) is 0 Å². The highest BCUT2D eigenvalue weighted by molar-refractivity contribution is 5.57. The molecule has 0 aliphatic rings. The standard InChI is InChI=1S/C10H20O6/c1-12-6-9(14-3)8(5-11)16-10(15-4)7-13-2/h5,8-10H,6-7H2,1-4H3/t8-,9-,10+/m1/s1. The Balaban J connectivity index is 4.28. The van der Waals surface area contributed by atoms with Crippen LogP contribution in [0.5, 0.6) is 0 Å². The maximum absolute atomic E-state index is 10.9. The zero-order valence-electron chi connectivity index (χ0n) is 10.2. The molecule has 0 amide bonds. The highest BCUT2D eigenvalue weighted by atomic mass is 16.7. The lowest BCUT2D eigenvalue weighted by Crippen LogP contribution is -2.40. The van der Waals surface area contributed by atoms with E-state index < -0.39 is 18.5 Å². The van der Waals surface area contributed by atoms with Crippen molar-refractivity contribution in [2.24, 2.45) is 0 Å². The third kappa shape index (κ3) is 5.53. The minimum atomic E-state index is -0.745. The van der Waals surface area contributed by atoms with Crippen LogP contribution in [0.3, 0.4) is 0 Å². The van der Waals surface area contributed by atoms with Gasteiger partial charge in [-0.15, -0.1) is 0 Å². The fourth-order valence-corrected chi connectivity index (χ4v) is 1.14. The first-order valence-electron chi connectivity index (χ1n) is 4.87. The molecule has 0 aromatic rings. The van der Waals surface area contributed by atoms with E-state index in [1.54, 1.807) is 0 Å². The summed E-state index contributed by atoms with van der Waals surface area (Å²) >= 11 is 0. The summed E-state index contributed by atoms with van der Waals surface area (Å²) in [5.41, 5.74) is 0. The summed E-state index contributed by atoms with van der Waals surface area (Å²) < 4.78 is 25.3. The van der Waals surface area contributed by atoms with Gasteiger partial charge in [0.25, 0.3) is 0 Å². The van der Waals surface area contributed by atoms with Crippen molar-refractivity contribution < 1.29 is 28.5 Å². The Morgan fingerprint density at radius 2 is 1.62 bits per heavy atom. The number of methoxy groups -OCH3 is 4. The van der Waals surface area contributed by atoms with Crippen molar-refractivity contribution in [3.8, 4) is 0 Å². The second-order valence-corrected chi connectivity index (χ2v) is 3.09. The summed E-state index contributed by atoms with van der Waals surface area (Å²) in [5, 5.41) is 0. The number of aldehydes is 1. The van der Waals surface area contributed by atoms with Gasteiger partial charge in [0.1, 0.15) is 12.2 Å². The molecule has 6 nitrogen and oxygen atoms in total. The van der Waals surface area contributed by atoms with Crippen LogP contribution in [0.4, 0.5) is 0 Å². The quantitative estimate of drug-likeness (QED) is 0.388. The molecule has 0 unspecified atom stereocenters. The van der Waals surface area contributed by atoms with E-state index in [1.807, 2.05) is 0 Å². The van der Waals surface area contributed by atoms with Crippen LogP contribution in [-0.4, -0.2) is 66.4 Å². The molecule has 6 heteroatoms. The molecule has 0 spiro atoms. The van der Waals surface area contributed by atoms with Crippen molar-refractivity contribution in [3.63, 3.8) is 0 Å². The molecule has 0 fully saturated rings. The summed E-state index contributed by atoms with van der Waals surface area (Å²) in [6.45, 7) is 0.508. The van der Waals surface area contributed by atoms with Gasteiger partial charge in [-0.3, -0.25) is 0 Å². The van der Waals surface area contributed by atoms with Crippen molar-refractivity contribution in [2.45, 2.75) is 18.5 Å². The lowest BCUT2D eigenvalue weighted by atomic mass is 10.2. The third-order valence-corrected chi connectivity index (χ3v) is 2.01. The van der Waals surface area contributed by atoms with Gasteiger partial charge in [0, 0.05) is 28.4 Å². The van der Waals surface area contributed by atoms with Crippen LogP contribution in [-0.2, 0) is 28.5 Å². The van der Waals surface area contributed by atoms with Crippen molar-refractivity contribution in [1.29, 1.82) is 0 Å². The minimum absolute atomic E-state index is 0.240. The highest BCUT2D eigenvalue weighted by Crippen LogP contribution is 2.06. The van der Waals surface area contributed by atoms with Crippen LogP contribution in [0.25, 0.3) is 0 Å². The summed E-state index contributed by atoms with van der Waals surface area (Å²) in [6.07, 6.45) is -1.15. The van der Waals surface area contributed by atoms with Gasteiger partial charge in [0.05, 0.1) is 13.2 Å². The van der Waals surface area contributed by atoms with Gasteiger partial charge in [0.2, 0.25) is 0 Å². The first-order chi connectivity index (χ1) is 7.73. The second-order valence-electron chi connectivity index (χ2n) is 3.09. The predicted octanol–water partition coefficient (Wildman–Crippen LogP) is -0.149. The molecule has 0 N–H and O–H groups in total. The van der Waals surface area contributed by atoms with Gasteiger partial charge in [0.15, 0.2) is 12.6 Å². The van der Waals surface area contributed by atoms with Crippen LogP contribution in [0.2, 0.25) is 0 Å². The average Bonchev–Trinajstić information content (AvgIpc) is 2.32. The molecule has 0 aromatic carbocycles. The minimum Gasteiger partial charge on any atom is -0.382 e. The zero-order valence-corrected chi connectivity index (χ0v) is 10.2. The molecule has 0 saturated carbocycles. The Hall–Kier alpha value is -0.530. The number of ether oxygens (including phenoxy) is 5. The third-order valence-electron chi connectivity index (χ3n) is 2.01. The number of hydrogen-bond acceptors (Lipinski definition) is 6. The van der Waals surface area contributed by atoms with E-state index in [1.165, 1.54) is 28.4 Å². The van der Waals surface area contributed by atoms with E-state index in [0.29, 0.717) is 6.29 Å². The van der Waals surface area contributed by atoms with Crippen LogP contribution in [0.15, 0.2) is 0 Å². The lowest BCUT2D eigenvalue weighted by molar-refractivity contribution is -0.201. The van der Waals surface area contributed by atoms with E-state index in [9.17, 15) is 4.79 Å². The molecular formula is C10H20O6. The molecule has 0 aliphatic carbocycles. The Kier molecular flexibility index (Phi) is 9.36. The molecule has 0 saturated heterocycles. The average molecular weight is 236 g/mol. The number of carbonyl (C=O) groups excluding carboxylic acids is 1. The smallest absolute Gasteiger partial charge is 0.181 e. The van der Waals surface area contributed by atoms with Gasteiger partial charge in [-0.05, 0) is 0 Å². The summed E-state index contributed by atoms with van der Waals surface area (Å²) in [5.74, 6) is 0. The first kappa shape index (κ1) is 15.5. The molecule has 0 bridgehead atoms. The Labute approximate surface area is 95.8 Å². The van der Waals surface area contributed by atoms with Crippen LogP contribution >= 0.6 is 0 Å². The van der Waals surface area contributed by atoms with E-state index >= 15 is 0 Å². The molecule has 0 aliphatic heterocycles. The maximum Gasteiger partial charge on any atom is 0.181 e. The molecule has 0 heterocycles. The van der Waals surface area contributed by atoms with Crippen LogP contribution in [0, 0.1) is 0 Å². The molecule has 3 atom stereocenters. The summed E-state index contributed by atoms with van der Waals surface area (Å²) in [4.78, 5) is 10.9. The molecular weight excluding hydrogens is 216 g/mol. The number of carbonyl (C=O) groups is 1. The van der Waals surface area contributed by atoms with Crippen molar-refractivity contribution in [2.75, 3.05) is 41.7 Å². The Morgan fingerprint density at radius 1 is 1.00 bits per heavy atom. The Morgan fingerprint density at radius 3 is 2.00 bits per heavy atom. The van der Waals surface area contributed by atoms with E-state index in [-0.39, 0.29) is 13.2 Å². The fraction of sp³-hybridized carbons (Fsp3) is 0.900. The van der Waals surface area contributed by atoms with Gasteiger partial charge in [-0.2, -0.15) is 0 Å². The van der Waals surface area contributed by atoms with Crippen LogP contribution < -0.4 is 0 Å². The van der Waals surface area contributed by atoms with Crippen molar-refractivity contribution >= 4 is 6.29 Å². The van der Waals surface area contributed by atoms with Gasteiger partial charge in [-0.1, -0.05) is 0 Å². The van der Waals surface area contributed by atoms with Gasteiger partial charge < -0.3 is 28.5 Å². The van der Waals surface area contributed by atoms with E-state index in [4.69, 9.17) is 23.7 Å². The molecule has 0 rings (SSSR count). The molecule has 0 aromatic heterocycles. The van der Waals surface area contributed by atoms with Crippen molar-refractivity contribution in [3.05, 3.63) is 0 Å². The Bertz CT molecular complexity index is 175. The normalized spacial score (nSPS) is 16.8. The topological polar surface area (TPSA) is 63.2 Å². The fourth-order valence-electron chi connectivity index (χ4n) is 1.14. The monoisotopic (exact) mass is 236 g/mol. The number of hydrogen-bond donors (Lipinski definition) is 0. The lowest BCUT2D eigenvalue weighted by Gasteiger charge is -2.25. The maximum atomic E-state index is 10.9. The van der Waals surface area contributed by atoms with Crippen molar-refractivity contribution in [1.82, 2.24) is 0 Å². The van der Waals surface area contributed by atoms with E-state index in [0.717, 1.165) is 0 Å². The summed E-state index contributed by atoms with van der Waals surface area (Å²) in [7, 11) is 6.01. The van der Waals surface area contributed by atoms with Gasteiger partial charge >= 0.3 is 0 Å². The van der Waals surface area contributed by atoms with Crippen LogP contribution in [0.1, 0.15) is 0 Å². The number of rotatable bonds is 10. The second kappa shape index (κ2) is 9.68. The molecule has 0 radical (unpaired) electrons. The molecule has 16 heavy (non-hydrogen) atoms. The first-order valence-corrected chi connectivity index (χ1v) is 4.87. The zero-order chi connectivity index (χ0) is 12.4. The molecule has 96 valence electrons. The largest absolute Gasteiger partial charge is 0.382 e. The van der Waals surface area contributed by atoms with Gasteiger partial charge in [-0.25, -0.2) is 0 Å². The highest BCUT2D eigenvalue weighted by Gasteiger charge is 2.25. The summed E-state index contributed by atoms with van der Waals surface area (Å²) in [6, 6.07) is 0.